The molecule has 0 spiro atoms. The molecule has 1 unspecified atom stereocenters. The summed E-state index contributed by atoms with van der Waals surface area (Å²) in [7, 11) is 0. The van der Waals surface area contributed by atoms with Crippen molar-refractivity contribution < 1.29 is 9.18 Å². The number of nitrogens with one attached hydrogen (secondary N) is 2. The predicted molar refractivity (Wildman–Crippen MR) is 125 cm³/mol. The minimum absolute atomic E-state index is 0.0142. The summed E-state index contributed by atoms with van der Waals surface area (Å²) in [6.45, 7) is 5.18. The predicted octanol–water partition coefficient (Wildman–Crippen LogP) is 4.21. The van der Waals surface area contributed by atoms with Gasteiger partial charge in [-0.1, -0.05) is 24.3 Å². The van der Waals surface area contributed by atoms with Crippen LogP contribution in [0.25, 0.3) is 0 Å². The maximum absolute atomic E-state index is 13.1. The van der Waals surface area contributed by atoms with Gasteiger partial charge in [0.05, 0.1) is 0 Å². The molecule has 1 heterocycles. The van der Waals surface area contributed by atoms with Gasteiger partial charge in [-0.3, -0.25) is 15.1 Å². The van der Waals surface area contributed by atoms with Crippen molar-refractivity contribution in [2.75, 3.05) is 31.5 Å². The van der Waals surface area contributed by atoms with Crippen LogP contribution in [-0.4, -0.2) is 42.8 Å². The molecule has 32 heavy (non-hydrogen) atoms. The third-order valence-electron chi connectivity index (χ3n) is 5.65. The first-order chi connectivity index (χ1) is 15.5. The van der Waals surface area contributed by atoms with Gasteiger partial charge in [-0.05, 0) is 81.4 Å². The molecule has 1 aliphatic heterocycles. The number of rotatable bonds is 8. The van der Waals surface area contributed by atoms with Crippen molar-refractivity contribution >= 4 is 17.4 Å². The highest BCUT2D eigenvalue weighted by molar-refractivity contribution is 5.98. The molecule has 2 N–H and O–H groups in total. The highest BCUT2D eigenvalue weighted by atomic mass is 19.1. The third kappa shape index (κ3) is 7.47. The summed E-state index contributed by atoms with van der Waals surface area (Å²) in [6, 6.07) is 13.9. The summed E-state index contributed by atoms with van der Waals surface area (Å²) in [5.74, 6) is 0.760. The number of nitrogens with zero attached hydrogens (tertiary/aromatic N) is 3. The van der Waals surface area contributed by atoms with E-state index in [0.29, 0.717) is 29.7 Å². The van der Waals surface area contributed by atoms with Crippen LogP contribution in [0.2, 0.25) is 0 Å². The van der Waals surface area contributed by atoms with Crippen molar-refractivity contribution in [1.82, 2.24) is 10.2 Å². The van der Waals surface area contributed by atoms with Crippen molar-refractivity contribution in [3.8, 4) is 6.19 Å². The normalized spacial score (nSPS) is 16.9. The minimum atomic E-state index is -0.189. The van der Waals surface area contributed by atoms with E-state index in [9.17, 15) is 9.18 Å². The maximum atomic E-state index is 13.1. The van der Waals surface area contributed by atoms with E-state index in [1.165, 1.54) is 37.5 Å². The molecule has 0 bridgehead atoms. The number of carbonyl (C=O) groups excluding carboxylic acids is 1. The van der Waals surface area contributed by atoms with Crippen LogP contribution in [0.5, 0.6) is 0 Å². The van der Waals surface area contributed by atoms with Gasteiger partial charge in [-0.2, -0.15) is 5.26 Å². The Morgan fingerprint density at radius 3 is 2.84 bits per heavy atom. The summed E-state index contributed by atoms with van der Waals surface area (Å²) >= 11 is 0. The van der Waals surface area contributed by atoms with Crippen LogP contribution in [0, 0.1) is 23.2 Å². The fraction of sp³-hybridized carbons (Fsp3) is 0.400. The Balaban J connectivity index is 1.47. The zero-order valence-corrected chi connectivity index (χ0v) is 18.5. The standard InChI is InChI=1S/C25H30FN5O/c1-19(32)22-6-2-7-24(16-22)30-25(29-18-27)28-12-4-14-31-13-3-5-21(17-31)15-20-8-10-23(26)11-9-20/h2,6-11,16,21H,3-5,12-15,17H2,1H3,(H2,28,29,30). The van der Waals surface area contributed by atoms with Gasteiger partial charge in [0.2, 0.25) is 5.96 Å². The Morgan fingerprint density at radius 2 is 2.09 bits per heavy atom. The molecule has 0 radical (unpaired) electrons. The minimum Gasteiger partial charge on any atom is -0.326 e. The van der Waals surface area contributed by atoms with Gasteiger partial charge >= 0.3 is 0 Å². The van der Waals surface area contributed by atoms with Crippen LogP contribution in [0.4, 0.5) is 10.1 Å². The van der Waals surface area contributed by atoms with Gasteiger partial charge in [0.1, 0.15) is 5.82 Å². The van der Waals surface area contributed by atoms with Crippen LogP contribution in [0.15, 0.2) is 53.5 Å². The number of piperidine rings is 1. The molecule has 2 aromatic rings. The van der Waals surface area contributed by atoms with E-state index in [0.717, 1.165) is 32.5 Å². The topological polar surface area (TPSA) is 80.5 Å². The van der Waals surface area contributed by atoms with Gasteiger partial charge in [-0.25, -0.2) is 4.39 Å². The molecule has 0 saturated carbocycles. The first-order valence-corrected chi connectivity index (χ1v) is 11.1. The summed E-state index contributed by atoms with van der Waals surface area (Å²) in [5, 5.41) is 14.7. The molecule has 168 valence electrons. The molecule has 1 fully saturated rings. The summed E-state index contributed by atoms with van der Waals surface area (Å²) in [4.78, 5) is 18.5. The number of hydrogen-bond donors (Lipinski definition) is 2. The molecule has 2 aromatic carbocycles. The quantitative estimate of drug-likeness (QED) is 0.162. The molecule has 1 saturated heterocycles. The van der Waals surface area contributed by atoms with Crippen LogP contribution in [0.1, 0.15) is 42.1 Å². The average Bonchev–Trinajstić information content (AvgIpc) is 2.79. The number of nitriles is 1. The van der Waals surface area contributed by atoms with E-state index in [4.69, 9.17) is 5.26 Å². The zero-order chi connectivity index (χ0) is 22.8. The van der Waals surface area contributed by atoms with Crippen LogP contribution in [0.3, 0.4) is 0 Å². The monoisotopic (exact) mass is 435 g/mol. The number of likely N-dealkylation sites (tertiary alicyclic amines) is 1. The van der Waals surface area contributed by atoms with E-state index in [2.05, 4.69) is 20.5 Å². The molecule has 0 aromatic heterocycles. The Labute approximate surface area is 189 Å². The van der Waals surface area contributed by atoms with Crippen molar-refractivity contribution in [3.63, 3.8) is 0 Å². The Kier molecular flexibility index (Phi) is 8.76. The van der Waals surface area contributed by atoms with Crippen molar-refractivity contribution in [2.45, 2.75) is 32.6 Å². The highest BCUT2D eigenvalue weighted by Gasteiger charge is 2.19. The number of benzene rings is 2. The Morgan fingerprint density at radius 1 is 1.28 bits per heavy atom. The SMILES string of the molecule is CC(=O)c1cccc(NC(=NCCCN2CCCC(Cc3ccc(F)cc3)C2)NC#N)c1. The molecular weight excluding hydrogens is 405 g/mol. The number of ketones is 1. The maximum Gasteiger partial charge on any atom is 0.209 e. The summed E-state index contributed by atoms with van der Waals surface area (Å²) in [6.07, 6.45) is 6.14. The molecular formula is C25H30FN5O. The molecule has 7 heteroatoms. The van der Waals surface area contributed by atoms with E-state index in [1.807, 2.05) is 24.4 Å². The fourth-order valence-corrected chi connectivity index (χ4v) is 4.08. The number of aliphatic imine (C=N–C) groups is 1. The lowest BCUT2D eigenvalue weighted by Crippen LogP contribution is -2.37. The number of anilines is 1. The Hall–Kier alpha value is -3.24. The number of hydrogen-bond acceptors (Lipinski definition) is 4. The molecule has 1 atom stereocenters. The van der Waals surface area contributed by atoms with Crippen LogP contribution in [-0.2, 0) is 6.42 Å². The Bertz CT molecular complexity index is 967. The number of Topliss-reactive ketones (excluding diaryl/α,β-unsaturated/α-hetero) is 1. The van der Waals surface area contributed by atoms with Gasteiger partial charge < -0.3 is 10.2 Å². The van der Waals surface area contributed by atoms with Gasteiger partial charge in [-0.15, -0.1) is 0 Å². The van der Waals surface area contributed by atoms with Crippen molar-refractivity contribution in [3.05, 3.63) is 65.5 Å². The fourth-order valence-electron chi connectivity index (χ4n) is 4.08. The molecule has 6 nitrogen and oxygen atoms in total. The summed E-state index contributed by atoms with van der Waals surface area (Å²) in [5.41, 5.74) is 2.50. The number of carbonyl (C=O) groups is 1. The second-order valence-corrected chi connectivity index (χ2v) is 8.22. The smallest absolute Gasteiger partial charge is 0.209 e. The second-order valence-electron chi connectivity index (χ2n) is 8.22. The van der Waals surface area contributed by atoms with Crippen LogP contribution < -0.4 is 10.6 Å². The van der Waals surface area contributed by atoms with E-state index < -0.39 is 0 Å². The summed E-state index contributed by atoms with van der Waals surface area (Å²) < 4.78 is 13.1. The first-order valence-electron chi connectivity index (χ1n) is 11.1. The largest absolute Gasteiger partial charge is 0.326 e. The van der Waals surface area contributed by atoms with Crippen molar-refractivity contribution in [1.29, 1.82) is 5.26 Å². The molecule has 3 rings (SSSR count). The second kappa shape index (κ2) is 12.0. The highest BCUT2D eigenvalue weighted by Crippen LogP contribution is 2.21. The van der Waals surface area contributed by atoms with E-state index >= 15 is 0 Å². The van der Waals surface area contributed by atoms with Crippen molar-refractivity contribution in [2.24, 2.45) is 10.9 Å². The molecule has 0 aliphatic carbocycles. The molecule has 1 aliphatic rings. The average molecular weight is 436 g/mol. The zero-order valence-electron chi connectivity index (χ0n) is 18.5. The lowest BCUT2D eigenvalue weighted by atomic mass is 9.91. The van der Waals surface area contributed by atoms with Crippen LogP contribution >= 0.6 is 0 Å². The van der Waals surface area contributed by atoms with E-state index in [-0.39, 0.29) is 11.6 Å². The molecule has 0 amide bonds. The van der Waals surface area contributed by atoms with E-state index in [1.54, 1.807) is 18.2 Å². The van der Waals surface area contributed by atoms with Gasteiger partial charge in [0, 0.05) is 24.3 Å². The van der Waals surface area contributed by atoms with Gasteiger partial charge in [0.15, 0.2) is 12.0 Å². The number of halogens is 1. The first kappa shape index (κ1) is 23.4. The third-order valence-corrected chi connectivity index (χ3v) is 5.65. The lowest BCUT2D eigenvalue weighted by molar-refractivity contribution is 0.101. The number of guanidine groups is 1. The van der Waals surface area contributed by atoms with Gasteiger partial charge in [0.25, 0.3) is 0 Å². The lowest BCUT2D eigenvalue weighted by Gasteiger charge is -2.32.